The van der Waals surface area contributed by atoms with E-state index in [0.717, 1.165) is 12.2 Å². The molecule has 1 aliphatic carbocycles. The summed E-state index contributed by atoms with van der Waals surface area (Å²) in [5.74, 6) is -1.19. The second-order valence-electron chi connectivity index (χ2n) is 7.22. The van der Waals surface area contributed by atoms with E-state index in [4.69, 9.17) is 4.74 Å². The lowest BCUT2D eigenvalue weighted by atomic mass is 9.92. The van der Waals surface area contributed by atoms with Gasteiger partial charge in [0.1, 0.15) is 6.61 Å². The summed E-state index contributed by atoms with van der Waals surface area (Å²) in [6.45, 7) is 3.13. The van der Waals surface area contributed by atoms with Crippen LogP contribution in [0.1, 0.15) is 31.4 Å². The number of rotatable bonds is 7. The number of anilines is 1. The predicted molar refractivity (Wildman–Crippen MR) is 98.8 cm³/mol. The molecule has 27 heavy (non-hydrogen) atoms. The third-order valence-electron chi connectivity index (χ3n) is 4.49. The molecule has 0 amide bonds. The molecule has 9 heteroatoms. The normalized spacial score (nSPS) is 17.3. The Balaban J connectivity index is 1.77. The zero-order valence-electron chi connectivity index (χ0n) is 16.0. The van der Waals surface area contributed by atoms with Gasteiger partial charge in [0.2, 0.25) is 17.8 Å². The van der Waals surface area contributed by atoms with Crippen molar-refractivity contribution in [1.82, 2.24) is 24.6 Å². The summed E-state index contributed by atoms with van der Waals surface area (Å²) in [5, 5.41) is 7.56. The maximum absolute atomic E-state index is 13.4. The van der Waals surface area contributed by atoms with Gasteiger partial charge >= 0.3 is 0 Å². The van der Waals surface area contributed by atoms with Gasteiger partial charge < -0.3 is 15.0 Å². The first-order valence-corrected chi connectivity index (χ1v) is 9.14. The second-order valence-corrected chi connectivity index (χ2v) is 7.22. The molecule has 0 saturated heterocycles. The van der Waals surface area contributed by atoms with Crippen LogP contribution in [-0.2, 0) is 0 Å². The molecule has 2 aromatic rings. The molecular formula is C18H26F2N6O. The van der Waals surface area contributed by atoms with Gasteiger partial charge in [0.05, 0.1) is 5.69 Å². The van der Waals surface area contributed by atoms with Crippen LogP contribution < -0.4 is 10.1 Å². The highest BCUT2D eigenvalue weighted by molar-refractivity contribution is 5.38. The summed E-state index contributed by atoms with van der Waals surface area (Å²) in [6.07, 6.45) is 2.35. The Kier molecular flexibility index (Phi) is 5.88. The van der Waals surface area contributed by atoms with Crippen LogP contribution in [0.15, 0.2) is 18.3 Å². The van der Waals surface area contributed by atoms with Crippen molar-refractivity contribution in [3.63, 3.8) is 0 Å². The number of halogens is 2. The Morgan fingerprint density at radius 1 is 1.30 bits per heavy atom. The van der Waals surface area contributed by atoms with Crippen molar-refractivity contribution in [3.05, 3.63) is 24.0 Å². The highest BCUT2D eigenvalue weighted by Crippen LogP contribution is 2.34. The number of aromatic nitrogens is 4. The number of nitrogens with zero attached hydrogens (tertiary/aromatic N) is 5. The number of aryl methyl sites for hydroxylation is 1. The summed E-state index contributed by atoms with van der Waals surface area (Å²) in [5.41, 5.74) is 0.868. The second kappa shape index (κ2) is 8.16. The Morgan fingerprint density at radius 3 is 2.67 bits per heavy atom. The number of hydrogen-bond acceptors (Lipinski definition) is 6. The molecule has 0 unspecified atom stereocenters. The fraction of sp³-hybridized carbons (Fsp3) is 0.611. The Labute approximate surface area is 157 Å². The van der Waals surface area contributed by atoms with E-state index in [9.17, 15) is 8.78 Å². The van der Waals surface area contributed by atoms with Crippen molar-refractivity contribution in [1.29, 1.82) is 0 Å². The summed E-state index contributed by atoms with van der Waals surface area (Å²) in [6, 6.07) is 3.53. The monoisotopic (exact) mass is 380 g/mol. The fourth-order valence-corrected chi connectivity index (χ4v) is 2.91. The molecule has 1 N–H and O–H groups in total. The zero-order valence-corrected chi connectivity index (χ0v) is 16.0. The minimum atomic E-state index is -2.56. The number of alkyl halides is 2. The van der Waals surface area contributed by atoms with Crippen molar-refractivity contribution in [3.8, 4) is 11.7 Å². The fourth-order valence-electron chi connectivity index (χ4n) is 2.91. The van der Waals surface area contributed by atoms with E-state index in [0.29, 0.717) is 37.1 Å². The molecule has 7 nitrogen and oxygen atoms in total. The maximum atomic E-state index is 13.4. The zero-order chi connectivity index (χ0) is 19.4. The van der Waals surface area contributed by atoms with Crippen LogP contribution in [-0.4, -0.2) is 63.9 Å². The van der Waals surface area contributed by atoms with Crippen molar-refractivity contribution < 1.29 is 13.5 Å². The average Bonchev–Trinajstić information content (AvgIpc) is 3.03. The van der Waals surface area contributed by atoms with E-state index < -0.39 is 5.92 Å². The van der Waals surface area contributed by atoms with Crippen LogP contribution in [0.3, 0.4) is 0 Å². The molecule has 0 radical (unpaired) electrons. The van der Waals surface area contributed by atoms with Crippen LogP contribution >= 0.6 is 0 Å². The van der Waals surface area contributed by atoms with Gasteiger partial charge in [-0.25, -0.2) is 13.5 Å². The molecule has 1 aliphatic rings. The third-order valence-corrected chi connectivity index (χ3v) is 4.49. The van der Waals surface area contributed by atoms with Crippen LogP contribution in [0.2, 0.25) is 0 Å². The number of ether oxygens (including phenoxy) is 1. The van der Waals surface area contributed by atoms with Crippen molar-refractivity contribution in [2.75, 3.05) is 32.6 Å². The molecule has 0 spiro atoms. The molecule has 0 aliphatic heterocycles. The molecule has 0 bridgehead atoms. The molecule has 3 rings (SSSR count). The molecule has 2 aromatic heterocycles. The average molecular weight is 380 g/mol. The Morgan fingerprint density at radius 2 is 2.04 bits per heavy atom. The first-order chi connectivity index (χ1) is 12.8. The molecule has 1 saturated carbocycles. The van der Waals surface area contributed by atoms with Crippen molar-refractivity contribution in [2.24, 2.45) is 0 Å². The van der Waals surface area contributed by atoms with E-state index >= 15 is 0 Å². The molecular weight excluding hydrogens is 354 g/mol. The Hall–Kier alpha value is -2.29. The van der Waals surface area contributed by atoms with Crippen molar-refractivity contribution >= 4 is 5.95 Å². The largest absolute Gasteiger partial charge is 0.476 e. The Bertz CT molecular complexity index is 754. The summed E-state index contributed by atoms with van der Waals surface area (Å²) in [4.78, 5) is 10.9. The summed E-state index contributed by atoms with van der Waals surface area (Å²) < 4.78 is 34.2. The van der Waals surface area contributed by atoms with Crippen LogP contribution in [0, 0.1) is 6.92 Å². The number of likely N-dealkylation sites (N-methyl/N-ethyl adjacent to an activating group) is 1. The van der Waals surface area contributed by atoms with Gasteiger partial charge in [-0.15, -0.1) is 0 Å². The molecule has 0 aromatic carbocycles. The van der Waals surface area contributed by atoms with E-state index in [-0.39, 0.29) is 18.9 Å². The van der Waals surface area contributed by atoms with Gasteiger partial charge in [0.25, 0.3) is 0 Å². The molecule has 148 valence electrons. The van der Waals surface area contributed by atoms with Crippen molar-refractivity contribution in [2.45, 2.75) is 44.6 Å². The highest BCUT2D eigenvalue weighted by Gasteiger charge is 2.35. The minimum absolute atomic E-state index is 0.0751. The summed E-state index contributed by atoms with van der Waals surface area (Å²) >= 11 is 0. The van der Waals surface area contributed by atoms with E-state index in [2.05, 4.69) is 20.4 Å². The SMILES string of the molecule is Cc1ccn(-c2cc(OCCN(C)C)nc(NC3CCC(F)(F)CC3)n2)n1. The highest BCUT2D eigenvalue weighted by atomic mass is 19.3. The lowest BCUT2D eigenvalue weighted by molar-refractivity contribution is -0.0361. The minimum Gasteiger partial charge on any atom is -0.476 e. The molecule has 1 fully saturated rings. The van der Waals surface area contributed by atoms with E-state index in [1.807, 2.05) is 38.2 Å². The van der Waals surface area contributed by atoms with E-state index in [1.54, 1.807) is 10.7 Å². The first kappa shape index (κ1) is 19.5. The van der Waals surface area contributed by atoms with Gasteiger partial charge in [-0.3, -0.25) is 0 Å². The molecule has 2 heterocycles. The number of hydrogen-bond donors (Lipinski definition) is 1. The molecule has 0 atom stereocenters. The van der Waals surface area contributed by atoms with Gasteiger partial charge in [0, 0.05) is 37.7 Å². The quantitative estimate of drug-likeness (QED) is 0.797. The topological polar surface area (TPSA) is 68.1 Å². The number of nitrogens with one attached hydrogen (secondary N) is 1. The predicted octanol–water partition coefficient (Wildman–Crippen LogP) is 2.90. The summed E-state index contributed by atoms with van der Waals surface area (Å²) in [7, 11) is 3.93. The van der Waals surface area contributed by atoms with Gasteiger partial charge in [0.15, 0.2) is 5.82 Å². The maximum Gasteiger partial charge on any atom is 0.248 e. The lowest BCUT2D eigenvalue weighted by Crippen LogP contribution is -2.32. The first-order valence-electron chi connectivity index (χ1n) is 9.14. The van der Waals surface area contributed by atoms with Gasteiger partial charge in [-0.2, -0.15) is 15.1 Å². The van der Waals surface area contributed by atoms with Crippen LogP contribution in [0.4, 0.5) is 14.7 Å². The smallest absolute Gasteiger partial charge is 0.248 e. The third kappa shape index (κ3) is 5.59. The standard InChI is InChI=1S/C18H26F2N6O/c1-13-6-9-26(24-13)15-12-16(27-11-10-25(2)3)23-17(22-15)21-14-4-7-18(19,20)8-5-14/h6,9,12,14H,4-5,7-8,10-11H2,1-3H3,(H,21,22,23). The van der Waals surface area contributed by atoms with Crippen LogP contribution in [0.25, 0.3) is 5.82 Å². The van der Waals surface area contributed by atoms with Gasteiger partial charge in [-0.05, 0) is 39.9 Å². The van der Waals surface area contributed by atoms with E-state index in [1.165, 1.54) is 0 Å². The lowest BCUT2D eigenvalue weighted by Gasteiger charge is -2.28. The van der Waals surface area contributed by atoms with Gasteiger partial charge in [-0.1, -0.05) is 0 Å². The van der Waals surface area contributed by atoms with Crippen LogP contribution in [0.5, 0.6) is 5.88 Å².